The summed E-state index contributed by atoms with van der Waals surface area (Å²) in [6.07, 6.45) is 13.8. The molecule has 0 unspecified atom stereocenters. The van der Waals surface area contributed by atoms with E-state index < -0.39 is 20.0 Å². The van der Waals surface area contributed by atoms with Gasteiger partial charge in [-0.05, 0) is 285 Å². The fourth-order valence-corrected chi connectivity index (χ4v) is 20.2. The van der Waals surface area contributed by atoms with Gasteiger partial charge in [0.2, 0.25) is 29.0 Å². The van der Waals surface area contributed by atoms with E-state index in [9.17, 15) is 55.5 Å². The van der Waals surface area contributed by atoms with Gasteiger partial charge in [0, 0.05) is 90.0 Å². The van der Waals surface area contributed by atoms with Crippen molar-refractivity contribution in [3.05, 3.63) is 356 Å². The molecular weight excluding hydrogens is 1990 g/mol. The van der Waals surface area contributed by atoms with Crippen LogP contribution in [-0.4, -0.2) is 168 Å². The number of guanidine groups is 1. The molecule has 11 aromatic carbocycles. The van der Waals surface area contributed by atoms with E-state index in [-0.39, 0.29) is 86.8 Å². The van der Waals surface area contributed by atoms with E-state index in [1.807, 2.05) is 113 Å². The van der Waals surface area contributed by atoms with E-state index >= 15 is 0 Å². The third-order valence-electron chi connectivity index (χ3n) is 24.4. The number of halogens is 1. The topological polar surface area (TPSA) is 384 Å². The summed E-state index contributed by atoms with van der Waals surface area (Å²) in [7, 11) is -3.36. The highest BCUT2D eigenvalue weighted by Gasteiger charge is 2.37. The second-order valence-corrected chi connectivity index (χ2v) is 40.6. The third kappa shape index (κ3) is 32.8. The summed E-state index contributed by atoms with van der Waals surface area (Å²) in [5.41, 5.74) is 17.6. The molecule has 3 aliphatic heterocycles. The monoisotopic (exact) mass is 2120 g/mol. The molecule has 0 spiro atoms. The van der Waals surface area contributed by atoms with Crippen molar-refractivity contribution in [1.82, 2.24) is 30.0 Å². The second-order valence-electron chi connectivity index (χ2n) is 36.0. The summed E-state index contributed by atoms with van der Waals surface area (Å²) < 4.78 is 89.2. The van der Waals surface area contributed by atoms with Crippen LogP contribution in [0.1, 0.15) is 186 Å². The maximum atomic E-state index is 13.5. The number of rotatable bonds is 29. The summed E-state index contributed by atoms with van der Waals surface area (Å²) in [4.78, 5) is 103. The Hall–Kier alpha value is -15.5. The average Bonchev–Trinajstić information content (AvgIpc) is 1.40. The minimum Gasteiger partial charge on any atom is -0.508 e. The number of benzene rings is 11. The number of nitrogens with two attached hydrogens (primary N) is 1. The van der Waals surface area contributed by atoms with Crippen LogP contribution in [0.2, 0.25) is 0 Å². The number of sulfonamides is 2. The highest BCUT2D eigenvalue weighted by molar-refractivity contribution is 9.10. The fraction of sp³-hybridized carbons (Fsp3) is 0.293. The highest BCUT2D eigenvalue weighted by atomic mass is 79.9. The number of methoxy groups -OCH3 is 3. The lowest BCUT2D eigenvalue weighted by Crippen LogP contribution is -2.45. The number of fused-ring (bicyclic) bond motifs is 2. The first kappa shape index (κ1) is 114. The van der Waals surface area contributed by atoms with E-state index in [1.54, 1.807) is 164 Å². The van der Waals surface area contributed by atoms with Crippen molar-refractivity contribution in [2.45, 2.75) is 161 Å². The molecular formula is C116H131BrN12O18S2. The van der Waals surface area contributed by atoms with Crippen molar-refractivity contribution in [3.63, 3.8) is 0 Å². The number of aromatic nitrogens is 2. The quantitative estimate of drug-likeness (QED) is 0.0126. The first-order valence-electron chi connectivity index (χ1n) is 49.4. The Morgan fingerprint density at radius 2 is 1.07 bits per heavy atom. The van der Waals surface area contributed by atoms with Crippen LogP contribution in [0.3, 0.4) is 0 Å². The Labute approximate surface area is 881 Å². The molecule has 1 saturated carbocycles. The van der Waals surface area contributed by atoms with E-state index in [2.05, 4.69) is 85.5 Å². The summed E-state index contributed by atoms with van der Waals surface area (Å²) >= 11 is 3.38. The smallest absolute Gasteiger partial charge is 0.264 e. The lowest BCUT2D eigenvalue weighted by Gasteiger charge is -2.31. The van der Waals surface area contributed by atoms with Gasteiger partial charge < -0.3 is 64.7 Å². The van der Waals surface area contributed by atoms with Crippen molar-refractivity contribution in [1.29, 1.82) is 0 Å². The number of carbonyl (C=O) groups is 6. The molecule has 5 amide bonds. The van der Waals surface area contributed by atoms with Gasteiger partial charge in [0.1, 0.15) is 59.4 Å². The second kappa shape index (κ2) is 55.9. The molecule has 0 atom stereocenters. The van der Waals surface area contributed by atoms with Gasteiger partial charge in [-0.1, -0.05) is 161 Å². The van der Waals surface area contributed by atoms with Crippen LogP contribution in [-0.2, 0) is 29.6 Å². The number of hydrogen-bond donors (Lipinski definition) is 5. The molecule has 17 rings (SSSR count). The zero-order valence-electron chi connectivity index (χ0n) is 86.2. The maximum absolute atomic E-state index is 13.5. The average molecular weight is 2130 g/mol. The fourth-order valence-electron chi connectivity index (χ4n) is 16.7. The number of anilines is 4. The number of nitrogens with one attached hydrogen (secondary N) is 3. The number of para-hydroxylation sites is 3. The van der Waals surface area contributed by atoms with E-state index in [1.165, 1.54) is 97.3 Å². The molecule has 2 aromatic heterocycles. The molecule has 30 nitrogen and oxygen atoms in total. The predicted octanol–water partition coefficient (Wildman–Crippen LogP) is 22.4. The number of aliphatic imine (C=N–C) groups is 1. The normalized spacial score (nSPS) is 13.2. The van der Waals surface area contributed by atoms with Gasteiger partial charge in [0.15, 0.2) is 5.78 Å². The number of imide groups is 1. The number of ketones is 1. The van der Waals surface area contributed by atoms with Crippen LogP contribution < -0.4 is 59.4 Å². The SMILES string of the molecule is C=C(CCCN1C(=O)c2ccccc2C1=O)NC1CCCC1.CC(=O)c1ccccc1.CCOc1ccccc1N(CC(=O)N1CCCCC1)S(=O)(=O)c1ccccc1.COc1ccc(C(=O)Nc2cc(C)cc(C)c2)cc1Br.COc1ccc(OC)c(N(CC(=O)N2CCCCC2)S(=O)(=O)c2ccccc2)c1.Cc1c(O)ccc2c(=O)c(Oc3ccccc3)coc12.Cc1cc(C)nc(N=C(N)Nc2ccc(C(C)C)cc2)n1. The van der Waals surface area contributed by atoms with Gasteiger partial charge in [-0.15, -0.1) is 0 Å². The minimum absolute atomic E-state index is 0.0948. The van der Waals surface area contributed by atoms with Crippen LogP contribution in [0.4, 0.5) is 28.7 Å². The minimum atomic E-state index is -4.00. The number of phenolic OH excluding ortho intramolecular Hbond substituents is 1. The lowest BCUT2D eigenvalue weighted by molar-refractivity contribution is -0.131. The largest absolute Gasteiger partial charge is 0.508 e. The van der Waals surface area contributed by atoms with Gasteiger partial charge in [-0.2, -0.15) is 4.99 Å². The number of likely N-dealkylation sites (tertiary alicyclic amines) is 2. The molecule has 5 heterocycles. The van der Waals surface area contributed by atoms with Crippen LogP contribution in [0.25, 0.3) is 11.0 Å². The zero-order chi connectivity index (χ0) is 107. The molecule has 6 N–H and O–H groups in total. The Morgan fingerprint density at radius 3 is 1.58 bits per heavy atom. The number of allylic oxidation sites excluding steroid dienone is 1. The van der Waals surface area contributed by atoms with Gasteiger partial charge >= 0.3 is 0 Å². The van der Waals surface area contributed by atoms with Crippen molar-refractivity contribution in [2.75, 3.05) is 93.0 Å². The van der Waals surface area contributed by atoms with Crippen LogP contribution in [0.5, 0.6) is 40.2 Å². The van der Waals surface area contributed by atoms with Crippen molar-refractivity contribution in [3.8, 4) is 40.2 Å². The zero-order valence-corrected chi connectivity index (χ0v) is 89.4. The molecule has 13 aromatic rings. The van der Waals surface area contributed by atoms with Crippen LogP contribution in [0.15, 0.2) is 314 Å². The summed E-state index contributed by atoms with van der Waals surface area (Å²) in [5, 5.41) is 19.4. The molecule has 4 aliphatic rings. The highest BCUT2D eigenvalue weighted by Crippen LogP contribution is 2.39. The number of ether oxygens (including phenoxy) is 5. The molecule has 149 heavy (non-hydrogen) atoms. The molecule has 0 radical (unpaired) electrons. The van der Waals surface area contributed by atoms with Crippen LogP contribution >= 0.6 is 15.9 Å². The number of carbonyl (C=O) groups excluding carboxylic acids is 6. The summed E-state index contributed by atoms with van der Waals surface area (Å²) in [6, 6.07) is 78.1. The maximum Gasteiger partial charge on any atom is 0.264 e. The summed E-state index contributed by atoms with van der Waals surface area (Å²) in [6.45, 7) is 24.2. The van der Waals surface area contributed by atoms with E-state index in [0.717, 1.165) is 105 Å². The molecule has 2 saturated heterocycles. The number of hydrogen-bond acceptors (Lipinski definition) is 22. The number of nitrogens with zero attached hydrogens (tertiary/aromatic N) is 8. The number of aryl methyl sites for hydroxylation is 5. The van der Waals surface area contributed by atoms with Crippen LogP contribution in [0, 0.1) is 34.6 Å². The van der Waals surface area contributed by atoms with Crippen molar-refractivity contribution < 1.29 is 78.8 Å². The van der Waals surface area contributed by atoms with Gasteiger partial charge in [0.25, 0.3) is 43.7 Å². The lowest BCUT2D eigenvalue weighted by atomic mass is 10.0. The standard InChI is InChI=1S/C21H26N2O5S.C21H26N2O4S.C18H22N2O2.C16H16BrNO2.C16H21N5.C16H12O4.C8H8O/c1-27-17-11-12-20(28-2)19(15-17)23(16-21(24)22-13-7-4-8-14-22)29(25,26)18-9-5-3-6-10-18;1-2-27-20-14-8-7-13-19(20)23(17-21(24)22-15-9-4-10-16-22)28(25,26)18-11-5-3-6-12-18;1-13(19-14-8-2-3-9-14)7-6-12-20-17(21)15-10-4-5-11-16(15)18(20)22;1-10-6-11(2)8-13(7-10)18-16(19)12-4-5-15(20-3)14(17)9-12;1-10(2)13-5-7-14(8-6-13)20-15(17)21-16-18-11(3)9-12(4)19-16;1-10-13(17)8-7-12-15(18)14(9-19-16(10)12)20-11-5-3-2-4-6-11;1-7(9)8-5-3-2-4-6-8/h3,5-6,9-12,15H,4,7-8,13-14,16H2,1-2H3;3,5-8,11-14H,2,4,9-10,15-17H2,1H3;4-5,10-11,14,19H,1-3,6-9,12H2;4-9H,1-3H3,(H,18,19);5-10H,1-4H3,(H3,17,18,19,20,21);2-9,17H,1H3;2-6H,1H3. The van der Waals surface area contributed by atoms with E-state index in [4.69, 9.17) is 33.8 Å². The van der Waals surface area contributed by atoms with E-state index in [0.29, 0.717) is 125 Å². The number of piperidine rings is 2. The number of aromatic hydroxyl groups is 1. The molecule has 782 valence electrons. The molecule has 3 fully saturated rings. The Kier molecular flexibility index (Phi) is 42.7. The molecule has 1 aliphatic carbocycles. The number of Topliss-reactive ketones (excluding diaryl/α,β-unsaturated/α-hetero) is 1. The number of phenols is 1. The van der Waals surface area contributed by atoms with Crippen molar-refractivity contribution >= 4 is 117 Å². The predicted molar refractivity (Wildman–Crippen MR) is 589 cm³/mol. The Bertz CT molecular complexity index is 7000. The number of amides is 5. The van der Waals surface area contributed by atoms with Gasteiger partial charge in [0.05, 0.1) is 70.1 Å². The Morgan fingerprint density at radius 1 is 0.550 bits per heavy atom. The summed E-state index contributed by atoms with van der Waals surface area (Å²) in [5.74, 6) is 3.11. The Balaban J connectivity index is 0.000000168. The van der Waals surface area contributed by atoms with Crippen molar-refractivity contribution in [2.24, 2.45) is 10.7 Å². The third-order valence-corrected chi connectivity index (χ3v) is 28.6. The van der Waals surface area contributed by atoms with Gasteiger partial charge in [-0.3, -0.25) is 47.1 Å². The van der Waals surface area contributed by atoms with Gasteiger partial charge in [-0.25, -0.2) is 26.8 Å². The molecule has 0 bridgehead atoms. The first-order chi connectivity index (χ1) is 71.6. The molecule has 33 heteroatoms. The first-order valence-corrected chi connectivity index (χ1v) is 53.1.